The van der Waals surface area contributed by atoms with Crippen molar-refractivity contribution in [2.24, 2.45) is 0 Å². The minimum Gasteiger partial charge on any atom is -0.457 e. The molecule has 5 rings (SSSR count). The van der Waals surface area contributed by atoms with Gasteiger partial charge in [0.05, 0.1) is 11.3 Å². The first-order valence-corrected chi connectivity index (χ1v) is 12.5. The van der Waals surface area contributed by atoms with Gasteiger partial charge in [-0.05, 0) is 79.1 Å². The Bertz CT molecular complexity index is 1630. The highest BCUT2D eigenvalue weighted by Crippen LogP contribution is 2.32. The number of alkyl halides is 3. The Morgan fingerprint density at radius 1 is 0.974 bits per heavy atom. The minimum atomic E-state index is -4.44. The third-order valence-corrected chi connectivity index (χ3v) is 6.13. The predicted molar refractivity (Wildman–Crippen MR) is 144 cm³/mol. The molecule has 2 heterocycles. The number of nitrogens with zero attached hydrogens (tertiary/aromatic N) is 3. The van der Waals surface area contributed by atoms with Crippen LogP contribution in [0.25, 0.3) is 34.1 Å². The fourth-order valence-electron chi connectivity index (χ4n) is 4.07. The number of anilines is 1. The Morgan fingerprint density at radius 3 is 2.54 bits per heavy atom. The van der Waals surface area contributed by atoms with Crippen molar-refractivity contribution in [2.45, 2.75) is 32.4 Å². The summed E-state index contributed by atoms with van der Waals surface area (Å²) in [4.78, 5) is 14.0. The SMILES string of the molecule is CCCCc1ccc(-n2nc3ccc(NC(=O)/C=C/c4ccc(-c5cccc(C(F)(F)F)c5)o4)cc3n2)cc1. The first kappa shape index (κ1) is 26.0. The lowest BCUT2D eigenvalue weighted by Gasteiger charge is -2.07. The van der Waals surface area contributed by atoms with Crippen molar-refractivity contribution >= 4 is 28.7 Å². The van der Waals surface area contributed by atoms with Crippen LogP contribution in [0.5, 0.6) is 0 Å². The second-order valence-corrected chi connectivity index (χ2v) is 9.07. The molecule has 1 N–H and O–H groups in total. The van der Waals surface area contributed by atoms with Crippen LogP contribution in [-0.4, -0.2) is 20.9 Å². The number of unbranched alkanes of at least 4 members (excludes halogenated alkanes) is 1. The van der Waals surface area contributed by atoms with Crippen molar-refractivity contribution in [3.8, 4) is 17.0 Å². The molecule has 6 nitrogen and oxygen atoms in total. The van der Waals surface area contributed by atoms with Crippen LogP contribution in [0.2, 0.25) is 0 Å². The van der Waals surface area contributed by atoms with E-state index in [1.807, 2.05) is 12.1 Å². The van der Waals surface area contributed by atoms with Gasteiger partial charge in [0, 0.05) is 17.3 Å². The summed E-state index contributed by atoms with van der Waals surface area (Å²) in [5.41, 5.74) is 3.52. The van der Waals surface area contributed by atoms with Crippen molar-refractivity contribution < 1.29 is 22.4 Å². The van der Waals surface area contributed by atoms with E-state index in [9.17, 15) is 18.0 Å². The van der Waals surface area contributed by atoms with Gasteiger partial charge in [0.15, 0.2) is 0 Å². The molecule has 0 saturated heterocycles. The molecule has 2 aromatic heterocycles. The lowest BCUT2D eigenvalue weighted by atomic mass is 10.1. The van der Waals surface area contributed by atoms with Gasteiger partial charge in [0.1, 0.15) is 22.6 Å². The summed E-state index contributed by atoms with van der Waals surface area (Å²) < 4.78 is 44.6. The van der Waals surface area contributed by atoms with Crippen LogP contribution in [0.4, 0.5) is 18.9 Å². The van der Waals surface area contributed by atoms with E-state index in [0.29, 0.717) is 28.0 Å². The maximum absolute atomic E-state index is 13.0. The summed E-state index contributed by atoms with van der Waals surface area (Å²) >= 11 is 0. The Hall–Kier alpha value is -4.66. The standard InChI is InChI=1S/C30H25F3N4O2/c1-2-3-5-20-8-11-24(12-9-20)37-35-26-15-10-23(19-27(26)36-37)34-29(38)17-14-25-13-16-28(39-25)21-6-4-7-22(18-21)30(31,32)33/h4,6-19H,2-3,5H2,1H3,(H,34,38)/b17-14+. The average molecular weight is 531 g/mol. The number of aromatic nitrogens is 3. The van der Waals surface area contributed by atoms with Crippen LogP contribution < -0.4 is 5.32 Å². The number of amides is 1. The van der Waals surface area contributed by atoms with E-state index in [0.717, 1.165) is 37.1 Å². The fraction of sp³-hybridized carbons (Fsp3) is 0.167. The summed E-state index contributed by atoms with van der Waals surface area (Å²) in [5.74, 6) is 0.198. The number of hydrogen-bond donors (Lipinski definition) is 1. The molecule has 0 aliphatic rings. The fourth-order valence-corrected chi connectivity index (χ4v) is 4.07. The van der Waals surface area contributed by atoms with Gasteiger partial charge in [-0.15, -0.1) is 10.2 Å². The number of furan rings is 1. The molecular weight excluding hydrogens is 505 g/mol. The first-order chi connectivity index (χ1) is 18.8. The van der Waals surface area contributed by atoms with Crippen LogP contribution in [0, 0.1) is 0 Å². The highest BCUT2D eigenvalue weighted by molar-refractivity contribution is 6.02. The van der Waals surface area contributed by atoms with Crippen molar-refractivity contribution in [3.63, 3.8) is 0 Å². The van der Waals surface area contributed by atoms with E-state index in [2.05, 4.69) is 34.6 Å². The van der Waals surface area contributed by atoms with Crippen LogP contribution in [0.3, 0.4) is 0 Å². The zero-order valence-corrected chi connectivity index (χ0v) is 21.1. The van der Waals surface area contributed by atoms with Gasteiger partial charge in [-0.3, -0.25) is 4.79 Å². The molecule has 0 aliphatic carbocycles. The van der Waals surface area contributed by atoms with Crippen LogP contribution >= 0.6 is 0 Å². The molecule has 9 heteroatoms. The third-order valence-electron chi connectivity index (χ3n) is 6.13. The van der Waals surface area contributed by atoms with Gasteiger partial charge >= 0.3 is 6.18 Å². The number of rotatable bonds is 8. The Balaban J connectivity index is 1.24. The van der Waals surface area contributed by atoms with Gasteiger partial charge < -0.3 is 9.73 Å². The summed E-state index contributed by atoms with van der Waals surface area (Å²) in [6.07, 6.45) is 1.63. The molecule has 0 bridgehead atoms. The maximum Gasteiger partial charge on any atom is 0.416 e. The lowest BCUT2D eigenvalue weighted by Crippen LogP contribution is -2.07. The van der Waals surface area contributed by atoms with E-state index in [4.69, 9.17) is 4.42 Å². The molecule has 39 heavy (non-hydrogen) atoms. The molecule has 3 aromatic carbocycles. The van der Waals surface area contributed by atoms with Crippen molar-refractivity contribution in [3.05, 3.63) is 102 Å². The summed E-state index contributed by atoms with van der Waals surface area (Å²) in [7, 11) is 0. The minimum absolute atomic E-state index is 0.269. The van der Waals surface area contributed by atoms with E-state index in [1.165, 1.54) is 29.8 Å². The Morgan fingerprint density at radius 2 is 1.77 bits per heavy atom. The number of hydrogen-bond acceptors (Lipinski definition) is 4. The first-order valence-electron chi connectivity index (χ1n) is 12.5. The summed E-state index contributed by atoms with van der Waals surface area (Å²) in [6, 6.07) is 21.4. The number of carbonyl (C=O) groups excluding carboxylic acids is 1. The second kappa shape index (κ2) is 11.0. The molecule has 0 aliphatic heterocycles. The summed E-state index contributed by atoms with van der Waals surface area (Å²) in [6.45, 7) is 2.17. The number of benzene rings is 3. The summed E-state index contributed by atoms with van der Waals surface area (Å²) in [5, 5.41) is 11.8. The molecule has 0 atom stereocenters. The van der Waals surface area contributed by atoms with E-state index >= 15 is 0 Å². The van der Waals surface area contributed by atoms with E-state index in [1.54, 1.807) is 35.1 Å². The molecule has 198 valence electrons. The largest absolute Gasteiger partial charge is 0.457 e. The Labute approximate surface area is 222 Å². The van der Waals surface area contributed by atoms with Crippen LogP contribution in [0.15, 0.2) is 89.4 Å². The molecule has 0 fully saturated rings. The smallest absolute Gasteiger partial charge is 0.416 e. The van der Waals surface area contributed by atoms with Gasteiger partial charge in [-0.2, -0.15) is 18.0 Å². The highest BCUT2D eigenvalue weighted by atomic mass is 19.4. The quantitative estimate of drug-likeness (QED) is 0.209. The molecule has 5 aromatic rings. The van der Waals surface area contributed by atoms with Gasteiger partial charge in [0.2, 0.25) is 5.91 Å². The number of halogens is 3. The second-order valence-electron chi connectivity index (χ2n) is 9.07. The molecule has 0 radical (unpaired) electrons. The average Bonchev–Trinajstić information content (AvgIpc) is 3.58. The predicted octanol–water partition coefficient (Wildman–Crippen LogP) is 7.69. The zero-order chi connectivity index (χ0) is 27.4. The van der Waals surface area contributed by atoms with Crippen molar-refractivity contribution in [1.29, 1.82) is 0 Å². The molecule has 0 spiro atoms. The molecular formula is C30H25F3N4O2. The molecule has 0 unspecified atom stereocenters. The number of fused-ring (bicyclic) bond motifs is 1. The van der Waals surface area contributed by atoms with Gasteiger partial charge in [0.25, 0.3) is 0 Å². The third kappa shape index (κ3) is 6.26. The van der Waals surface area contributed by atoms with Gasteiger partial charge in [-0.1, -0.05) is 37.6 Å². The van der Waals surface area contributed by atoms with Crippen molar-refractivity contribution in [2.75, 3.05) is 5.32 Å². The van der Waals surface area contributed by atoms with E-state index < -0.39 is 17.6 Å². The van der Waals surface area contributed by atoms with E-state index in [-0.39, 0.29) is 5.76 Å². The number of aryl methyl sites for hydroxylation is 1. The highest BCUT2D eigenvalue weighted by Gasteiger charge is 2.30. The number of carbonyl (C=O) groups is 1. The molecule has 0 saturated carbocycles. The topological polar surface area (TPSA) is 73.0 Å². The molecule has 1 amide bonds. The van der Waals surface area contributed by atoms with Crippen molar-refractivity contribution in [1.82, 2.24) is 15.0 Å². The van der Waals surface area contributed by atoms with Gasteiger partial charge in [-0.25, -0.2) is 0 Å². The lowest BCUT2D eigenvalue weighted by molar-refractivity contribution is -0.137. The number of nitrogens with one attached hydrogen (secondary N) is 1. The maximum atomic E-state index is 13.0. The Kier molecular flexibility index (Phi) is 7.31. The monoisotopic (exact) mass is 530 g/mol. The normalized spacial score (nSPS) is 11.9. The zero-order valence-electron chi connectivity index (χ0n) is 21.1. The van der Waals surface area contributed by atoms with Crippen LogP contribution in [-0.2, 0) is 17.4 Å². The van der Waals surface area contributed by atoms with Crippen LogP contribution in [0.1, 0.15) is 36.7 Å².